The Labute approximate surface area is 167 Å². The molecule has 0 bridgehead atoms. The first-order valence-electron chi connectivity index (χ1n) is 9.86. The van der Waals surface area contributed by atoms with E-state index >= 15 is 0 Å². The second kappa shape index (κ2) is 9.60. The minimum atomic E-state index is -0.0206. The fourth-order valence-electron chi connectivity index (χ4n) is 3.28. The molecule has 150 valence electrons. The summed E-state index contributed by atoms with van der Waals surface area (Å²) >= 11 is 0. The van der Waals surface area contributed by atoms with Crippen LogP contribution < -0.4 is 9.64 Å². The molecule has 1 aliphatic rings. The normalized spacial score (nSPS) is 16.0. The Hall–Kier alpha value is -2.53. The Morgan fingerprint density at radius 2 is 1.82 bits per heavy atom. The highest BCUT2D eigenvalue weighted by molar-refractivity contribution is 5.77. The van der Waals surface area contributed by atoms with Crippen molar-refractivity contribution in [3.8, 4) is 5.75 Å². The molecule has 1 unspecified atom stereocenters. The summed E-state index contributed by atoms with van der Waals surface area (Å²) in [6, 6.07) is 16.1. The van der Waals surface area contributed by atoms with E-state index in [1.165, 1.54) is 5.56 Å². The third-order valence-electron chi connectivity index (χ3n) is 5.01. The quantitative estimate of drug-likeness (QED) is 0.699. The molecule has 0 aromatic heterocycles. The molecule has 0 spiro atoms. The van der Waals surface area contributed by atoms with Crippen molar-refractivity contribution in [2.24, 2.45) is 0 Å². The highest BCUT2D eigenvalue weighted by atomic mass is 16.5. The van der Waals surface area contributed by atoms with Gasteiger partial charge in [-0.1, -0.05) is 29.8 Å². The zero-order chi connectivity index (χ0) is 19.9. The Morgan fingerprint density at radius 1 is 1.11 bits per heavy atom. The van der Waals surface area contributed by atoms with Gasteiger partial charge in [0.1, 0.15) is 5.75 Å². The number of carbonyl (C=O) groups is 1. The molecule has 0 aliphatic carbocycles. The number of aryl methyl sites for hydroxylation is 1. The van der Waals surface area contributed by atoms with Gasteiger partial charge in [-0.15, -0.1) is 0 Å². The molecule has 1 saturated heterocycles. The van der Waals surface area contributed by atoms with Gasteiger partial charge in [-0.3, -0.25) is 4.79 Å². The third-order valence-corrected chi connectivity index (χ3v) is 5.01. The van der Waals surface area contributed by atoms with E-state index < -0.39 is 0 Å². The zero-order valence-electron chi connectivity index (χ0n) is 17.1. The maximum atomic E-state index is 12.9. The predicted molar refractivity (Wildman–Crippen MR) is 112 cm³/mol. The molecular weight excluding hydrogens is 352 g/mol. The van der Waals surface area contributed by atoms with E-state index in [1.54, 1.807) is 0 Å². The van der Waals surface area contributed by atoms with E-state index in [9.17, 15) is 4.79 Å². The number of amides is 1. The molecule has 5 heteroatoms. The number of ether oxygens (including phenoxy) is 2. The minimum absolute atomic E-state index is 0.0206. The molecule has 28 heavy (non-hydrogen) atoms. The van der Waals surface area contributed by atoms with Gasteiger partial charge in [-0.25, -0.2) is 0 Å². The van der Waals surface area contributed by atoms with E-state index in [1.807, 2.05) is 50.2 Å². The van der Waals surface area contributed by atoms with Crippen molar-refractivity contribution in [2.75, 3.05) is 38.8 Å². The van der Waals surface area contributed by atoms with Crippen LogP contribution in [0, 0.1) is 6.92 Å². The van der Waals surface area contributed by atoms with Crippen molar-refractivity contribution in [3.05, 3.63) is 59.7 Å². The highest BCUT2D eigenvalue weighted by Gasteiger charge is 2.23. The summed E-state index contributed by atoms with van der Waals surface area (Å²) in [4.78, 5) is 16.8. The number of hydrogen-bond acceptors (Lipinski definition) is 4. The van der Waals surface area contributed by atoms with Gasteiger partial charge in [-0.05, 0) is 49.6 Å². The fourth-order valence-corrected chi connectivity index (χ4v) is 3.28. The predicted octanol–water partition coefficient (Wildman–Crippen LogP) is 3.65. The van der Waals surface area contributed by atoms with Gasteiger partial charge >= 0.3 is 0 Å². The van der Waals surface area contributed by atoms with Gasteiger partial charge < -0.3 is 19.3 Å². The first-order chi connectivity index (χ1) is 13.5. The number of anilines is 1. The van der Waals surface area contributed by atoms with Crippen molar-refractivity contribution >= 4 is 11.6 Å². The lowest BCUT2D eigenvalue weighted by Crippen LogP contribution is -2.39. The van der Waals surface area contributed by atoms with Crippen molar-refractivity contribution in [3.63, 3.8) is 0 Å². The summed E-state index contributed by atoms with van der Waals surface area (Å²) in [7, 11) is 4.04. The number of rotatable bonds is 8. The largest absolute Gasteiger partial charge is 0.484 e. The number of nitrogens with zero attached hydrogens (tertiary/aromatic N) is 2. The molecule has 1 atom stereocenters. The van der Waals surface area contributed by atoms with Crippen LogP contribution in [0.25, 0.3) is 0 Å². The average Bonchev–Trinajstić information content (AvgIpc) is 3.20. The topological polar surface area (TPSA) is 42.0 Å². The molecule has 1 amide bonds. The molecule has 0 radical (unpaired) electrons. The Kier molecular flexibility index (Phi) is 6.93. The lowest BCUT2D eigenvalue weighted by Gasteiger charge is -2.26. The number of carbonyl (C=O) groups excluding carboxylic acids is 1. The summed E-state index contributed by atoms with van der Waals surface area (Å²) < 4.78 is 11.5. The van der Waals surface area contributed by atoms with E-state index in [0.29, 0.717) is 18.8 Å². The fraction of sp³-hybridized carbons (Fsp3) is 0.435. The van der Waals surface area contributed by atoms with Gasteiger partial charge in [0.25, 0.3) is 5.91 Å². The molecule has 1 fully saturated rings. The molecule has 2 aromatic rings. The van der Waals surface area contributed by atoms with E-state index in [0.717, 1.165) is 30.7 Å². The van der Waals surface area contributed by atoms with Gasteiger partial charge in [0.05, 0.1) is 6.10 Å². The maximum absolute atomic E-state index is 12.9. The molecule has 1 heterocycles. The zero-order valence-corrected chi connectivity index (χ0v) is 17.1. The van der Waals surface area contributed by atoms with Crippen LogP contribution in [0.3, 0.4) is 0 Å². The smallest absolute Gasteiger partial charge is 0.260 e. The second-order valence-electron chi connectivity index (χ2n) is 7.57. The van der Waals surface area contributed by atoms with Crippen molar-refractivity contribution < 1.29 is 14.3 Å². The Balaban J connectivity index is 1.64. The lowest BCUT2D eigenvalue weighted by atomic mass is 10.1. The molecule has 2 aromatic carbocycles. The average molecular weight is 383 g/mol. The molecule has 1 aliphatic heterocycles. The van der Waals surface area contributed by atoms with Crippen LogP contribution in [0.2, 0.25) is 0 Å². The Bertz CT molecular complexity index is 750. The van der Waals surface area contributed by atoms with Crippen molar-refractivity contribution in [1.29, 1.82) is 0 Å². The lowest BCUT2D eigenvalue weighted by molar-refractivity contribution is -0.135. The summed E-state index contributed by atoms with van der Waals surface area (Å²) in [5.41, 5.74) is 3.41. The van der Waals surface area contributed by atoms with Crippen LogP contribution in [0.5, 0.6) is 5.75 Å². The summed E-state index contributed by atoms with van der Waals surface area (Å²) in [6.07, 6.45) is 2.18. The van der Waals surface area contributed by atoms with Crippen molar-refractivity contribution in [1.82, 2.24) is 4.90 Å². The van der Waals surface area contributed by atoms with E-state index in [4.69, 9.17) is 9.47 Å². The molecule has 0 N–H and O–H groups in total. The standard InChI is InChI=1S/C23H30N2O3/c1-18-6-12-21(13-7-18)28-17-23(26)25(16-22-5-4-14-27-22)15-19-8-10-20(11-9-19)24(2)3/h6-13,22H,4-5,14-17H2,1-3H3. The first kappa shape index (κ1) is 20.2. The monoisotopic (exact) mass is 382 g/mol. The van der Waals surface area contributed by atoms with Crippen LogP contribution in [0.15, 0.2) is 48.5 Å². The van der Waals surface area contributed by atoms with Gasteiger partial charge in [0.2, 0.25) is 0 Å². The van der Waals surface area contributed by atoms with Gasteiger partial charge in [-0.2, -0.15) is 0 Å². The molecule has 0 saturated carbocycles. The van der Waals surface area contributed by atoms with Crippen LogP contribution in [-0.2, 0) is 16.1 Å². The maximum Gasteiger partial charge on any atom is 0.260 e. The second-order valence-corrected chi connectivity index (χ2v) is 7.57. The molecule has 5 nitrogen and oxygen atoms in total. The SMILES string of the molecule is Cc1ccc(OCC(=O)N(Cc2ccc(N(C)C)cc2)CC2CCCO2)cc1. The third kappa shape index (κ3) is 5.73. The first-order valence-corrected chi connectivity index (χ1v) is 9.86. The van der Waals surface area contributed by atoms with Gasteiger partial charge in [0.15, 0.2) is 6.61 Å². The van der Waals surface area contributed by atoms with Crippen LogP contribution in [0.4, 0.5) is 5.69 Å². The number of benzene rings is 2. The molecular formula is C23H30N2O3. The van der Waals surface area contributed by atoms with Gasteiger partial charge in [0, 0.05) is 39.5 Å². The molecule has 3 rings (SSSR count). The Morgan fingerprint density at radius 3 is 2.43 bits per heavy atom. The summed E-state index contributed by atoms with van der Waals surface area (Å²) in [5, 5.41) is 0. The summed E-state index contributed by atoms with van der Waals surface area (Å²) in [6.45, 7) is 4.00. The minimum Gasteiger partial charge on any atom is -0.484 e. The number of hydrogen-bond donors (Lipinski definition) is 0. The van der Waals surface area contributed by atoms with Crippen LogP contribution in [-0.4, -0.2) is 50.8 Å². The van der Waals surface area contributed by atoms with Crippen LogP contribution >= 0.6 is 0 Å². The summed E-state index contributed by atoms with van der Waals surface area (Å²) in [5.74, 6) is 0.694. The van der Waals surface area contributed by atoms with Crippen molar-refractivity contribution in [2.45, 2.75) is 32.4 Å². The highest BCUT2D eigenvalue weighted by Crippen LogP contribution is 2.18. The van der Waals surface area contributed by atoms with E-state index in [-0.39, 0.29) is 18.6 Å². The van der Waals surface area contributed by atoms with E-state index in [2.05, 4.69) is 29.2 Å². The van der Waals surface area contributed by atoms with Crippen LogP contribution in [0.1, 0.15) is 24.0 Å².